The van der Waals surface area contributed by atoms with Crippen molar-refractivity contribution >= 4 is 5.91 Å². The highest BCUT2D eigenvalue weighted by molar-refractivity contribution is 5.94. The van der Waals surface area contributed by atoms with Gasteiger partial charge in [-0.15, -0.1) is 0 Å². The van der Waals surface area contributed by atoms with E-state index in [0.717, 1.165) is 50.8 Å². The summed E-state index contributed by atoms with van der Waals surface area (Å²) >= 11 is 0. The van der Waals surface area contributed by atoms with E-state index in [0.29, 0.717) is 0 Å². The number of pyridine rings is 1. The zero-order valence-electron chi connectivity index (χ0n) is 20.3. The monoisotopic (exact) mass is 434 g/mol. The lowest BCUT2D eigenvalue weighted by Crippen LogP contribution is -2.33. The van der Waals surface area contributed by atoms with Crippen molar-refractivity contribution in [2.45, 2.75) is 84.5 Å². The second-order valence-electron chi connectivity index (χ2n) is 8.69. The number of carbonyl (C=O) groups excluding carboxylic acids is 1. The molecule has 0 aliphatic heterocycles. The van der Waals surface area contributed by atoms with Crippen LogP contribution in [0.4, 0.5) is 0 Å². The number of carbonyl (C=O) groups is 1. The second-order valence-corrected chi connectivity index (χ2v) is 8.69. The molecule has 3 heteroatoms. The van der Waals surface area contributed by atoms with E-state index < -0.39 is 0 Å². The maximum absolute atomic E-state index is 13.1. The first-order valence-electron chi connectivity index (χ1n) is 12.7. The molecule has 174 valence electrons. The number of hydrogen-bond donors (Lipinski definition) is 0. The molecule has 0 aliphatic rings. The fourth-order valence-electron chi connectivity index (χ4n) is 3.98. The molecule has 0 radical (unpaired) electrons. The van der Waals surface area contributed by atoms with Crippen LogP contribution >= 0.6 is 0 Å². The van der Waals surface area contributed by atoms with E-state index in [9.17, 15) is 4.79 Å². The largest absolute Gasteiger partial charge is 0.339 e. The average molecular weight is 435 g/mol. The van der Waals surface area contributed by atoms with Crippen LogP contribution < -0.4 is 0 Å². The third-order valence-corrected chi connectivity index (χ3v) is 5.94. The fraction of sp³-hybridized carbons (Fsp3) is 0.517. The molecular weight excluding hydrogens is 392 g/mol. The van der Waals surface area contributed by atoms with Gasteiger partial charge in [0.15, 0.2) is 0 Å². The lowest BCUT2D eigenvalue weighted by Gasteiger charge is -2.23. The molecule has 0 spiro atoms. The fourth-order valence-corrected chi connectivity index (χ4v) is 3.98. The van der Waals surface area contributed by atoms with E-state index in [-0.39, 0.29) is 5.91 Å². The van der Waals surface area contributed by atoms with Crippen molar-refractivity contribution in [3.8, 4) is 0 Å². The summed E-state index contributed by atoms with van der Waals surface area (Å²) < 4.78 is 0. The quantitative estimate of drug-likeness (QED) is 0.201. The molecule has 1 heterocycles. The van der Waals surface area contributed by atoms with Crippen LogP contribution in [0.2, 0.25) is 0 Å². The normalized spacial score (nSPS) is 10.7. The van der Waals surface area contributed by atoms with Gasteiger partial charge in [-0.25, -0.2) is 0 Å². The van der Waals surface area contributed by atoms with Gasteiger partial charge in [-0.3, -0.25) is 9.78 Å². The zero-order chi connectivity index (χ0) is 22.9. The Morgan fingerprint density at radius 2 is 1.59 bits per heavy atom. The van der Waals surface area contributed by atoms with Crippen LogP contribution in [-0.4, -0.2) is 28.9 Å². The molecule has 0 N–H and O–H groups in total. The second kappa shape index (κ2) is 16.2. The van der Waals surface area contributed by atoms with Crippen molar-refractivity contribution in [1.82, 2.24) is 9.88 Å². The minimum atomic E-state index is 0.160. The molecule has 0 unspecified atom stereocenters. The van der Waals surface area contributed by atoms with Gasteiger partial charge in [-0.1, -0.05) is 62.6 Å². The Bertz CT molecular complexity index is 760. The molecule has 0 saturated heterocycles. The molecule has 0 bridgehead atoms. The Hall–Kier alpha value is -2.42. The summed E-state index contributed by atoms with van der Waals surface area (Å²) in [6.45, 7) is 6.17. The summed E-state index contributed by atoms with van der Waals surface area (Å²) in [6, 6.07) is 13.8. The van der Waals surface area contributed by atoms with E-state index in [4.69, 9.17) is 0 Å². The van der Waals surface area contributed by atoms with Crippen LogP contribution in [-0.2, 0) is 6.42 Å². The Morgan fingerprint density at radius 3 is 2.25 bits per heavy atom. The molecule has 0 atom stereocenters. The maximum atomic E-state index is 13.1. The van der Waals surface area contributed by atoms with E-state index in [1.54, 1.807) is 5.57 Å². The first kappa shape index (κ1) is 25.8. The third-order valence-electron chi connectivity index (χ3n) is 5.94. The minimum Gasteiger partial charge on any atom is -0.339 e. The standard InChI is InChI=1S/C29H42N2O/c1-3-5-15-26(16-6-4-2)17-10-12-23-31(29(32)28-20-8-7-9-21-28)24-13-11-18-27-19-14-22-30-25-27/h7-9,14,17,19-22,25H,3-6,10-13,15-16,18,23-24H2,1-2H3. The van der Waals surface area contributed by atoms with Gasteiger partial charge in [-0.2, -0.15) is 0 Å². The first-order chi connectivity index (χ1) is 15.7. The topological polar surface area (TPSA) is 33.2 Å². The predicted molar refractivity (Wildman–Crippen MR) is 136 cm³/mol. The first-order valence-corrected chi connectivity index (χ1v) is 12.7. The van der Waals surface area contributed by atoms with Crippen LogP contribution in [0.5, 0.6) is 0 Å². The number of amides is 1. The van der Waals surface area contributed by atoms with E-state index in [1.807, 2.05) is 48.8 Å². The van der Waals surface area contributed by atoms with Gasteiger partial charge >= 0.3 is 0 Å². The van der Waals surface area contributed by atoms with Gasteiger partial charge in [0.1, 0.15) is 0 Å². The molecule has 1 aromatic carbocycles. The molecule has 0 saturated carbocycles. The summed E-state index contributed by atoms with van der Waals surface area (Å²) in [7, 11) is 0. The number of benzene rings is 1. The Labute approximate surface area is 196 Å². The third kappa shape index (κ3) is 10.3. The van der Waals surface area contributed by atoms with Crippen LogP contribution in [0.25, 0.3) is 0 Å². The molecule has 3 nitrogen and oxygen atoms in total. The van der Waals surface area contributed by atoms with Crippen LogP contribution in [0, 0.1) is 0 Å². The van der Waals surface area contributed by atoms with Gasteiger partial charge in [0, 0.05) is 31.0 Å². The highest BCUT2D eigenvalue weighted by Crippen LogP contribution is 2.17. The Kier molecular flexibility index (Phi) is 13.1. The summed E-state index contributed by atoms with van der Waals surface area (Å²) in [6.07, 6.45) is 18.9. The lowest BCUT2D eigenvalue weighted by atomic mass is 10.0. The SMILES string of the molecule is CCCCC(=CCCCN(CCCCc1cccnc1)C(=O)c1ccccc1)CCCC. The summed E-state index contributed by atoms with van der Waals surface area (Å²) in [5.41, 5.74) is 3.68. The van der Waals surface area contributed by atoms with Crippen LogP contribution in [0.3, 0.4) is 0 Å². The highest BCUT2D eigenvalue weighted by Gasteiger charge is 2.14. The molecule has 1 amide bonds. The highest BCUT2D eigenvalue weighted by atomic mass is 16.2. The molecule has 1 aromatic heterocycles. The lowest BCUT2D eigenvalue weighted by molar-refractivity contribution is 0.0751. The van der Waals surface area contributed by atoms with Gasteiger partial charge in [0.2, 0.25) is 0 Å². The zero-order valence-corrected chi connectivity index (χ0v) is 20.3. The van der Waals surface area contributed by atoms with Gasteiger partial charge < -0.3 is 4.90 Å². The van der Waals surface area contributed by atoms with Crippen LogP contribution in [0.15, 0.2) is 66.5 Å². The molecular formula is C29H42N2O. The Balaban J connectivity index is 1.88. The predicted octanol–water partition coefficient (Wildman–Crippen LogP) is 7.63. The van der Waals surface area contributed by atoms with Crippen molar-refractivity contribution < 1.29 is 4.79 Å². The molecule has 2 aromatic rings. The average Bonchev–Trinajstić information content (AvgIpc) is 2.84. The number of rotatable bonds is 16. The minimum absolute atomic E-state index is 0.160. The van der Waals surface area contributed by atoms with Gasteiger partial charge in [0.05, 0.1) is 0 Å². The van der Waals surface area contributed by atoms with Gasteiger partial charge in [0.25, 0.3) is 5.91 Å². The number of aromatic nitrogens is 1. The summed E-state index contributed by atoms with van der Waals surface area (Å²) in [5.74, 6) is 0.160. The van der Waals surface area contributed by atoms with Crippen molar-refractivity contribution in [2.75, 3.05) is 13.1 Å². The van der Waals surface area contributed by atoms with Crippen molar-refractivity contribution in [2.24, 2.45) is 0 Å². The van der Waals surface area contributed by atoms with Gasteiger partial charge in [-0.05, 0) is 81.5 Å². The van der Waals surface area contributed by atoms with E-state index >= 15 is 0 Å². The number of unbranched alkanes of at least 4 members (excludes halogenated alkanes) is 4. The van der Waals surface area contributed by atoms with Crippen LogP contribution in [0.1, 0.15) is 94.0 Å². The molecule has 2 rings (SSSR count). The Morgan fingerprint density at radius 1 is 0.875 bits per heavy atom. The number of allylic oxidation sites excluding steroid dienone is 2. The summed E-state index contributed by atoms with van der Waals surface area (Å²) in [4.78, 5) is 19.4. The van der Waals surface area contributed by atoms with E-state index in [1.165, 1.54) is 44.1 Å². The maximum Gasteiger partial charge on any atom is 0.253 e. The molecule has 0 fully saturated rings. The van der Waals surface area contributed by atoms with Crippen molar-refractivity contribution in [3.05, 3.63) is 77.6 Å². The van der Waals surface area contributed by atoms with E-state index in [2.05, 4.69) is 35.9 Å². The number of aryl methyl sites for hydroxylation is 1. The smallest absolute Gasteiger partial charge is 0.253 e. The van der Waals surface area contributed by atoms with Crippen molar-refractivity contribution in [3.63, 3.8) is 0 Å². The van der Waals surface area contributed by atoms with Crippen molar-refractivity contribution in [1.29, 1.82) is 0 Å². The molecule has 32 heavy (non-hydrogen) atoms. The number of hydrogen-bond acceptors (Lipinski definition) is 2. The molecule has 0 aliphatic carbocycles. The number of nitrogens with zero attached hydrogens (tertiary/aromatic N) is 2. The summed E-state index contributed by atoms with van der Waals surface area (Å²) in [5, 5.41) is 0.